The smallest absolute Gasteiger partial charge is 0.204 e. The van der Waals surface area contributed by atoms with E-state index >= 15 is 0 Å². The summed E-state index contributed by atoms with van der Waals surface area (Å²) in [5.41, 5.74) is 3.83. The Bertz CT molecular complexity index is 1130. The summed E-state index contributed by atoms with van der Waals surface area (Å²) in [5, 5.41) is 12.2. The van der Waals surface area contributed by atoms with Crippen molar-refractivity contribution in [2.75, 3.05) is 29.9 Å². The SMILES string of the molecule is Cc1nnc2c(NCCCCCC(=O)CC(C)C)nc3cc(N4C[C@@H](C)O[C@@H](C)C4)ccc3n12. The van der Waals surface area contributed by atoms with Gasteiger partial charge < -0.3 is 15.0 Å². The van der Waals surface area contributed by atoms with Crippen LogP contribution in [-0.4, -0.2) is 57.2 Å². The molecule has 0 amide bonds. The zero-order chi connectivity index (χ0) is 24.2. The van der Waals surface area contributed by atoms with Gasteiger partial charge in [-0.2, -0.15) is 0 Å². The van der Waals surface area contributed by atoms with Crippen LogP contribution in [-0.2, 0) is 9.53 Å². The van der Waals surface area contributed by atoms with E-state index in [1.54, 1.807) is 0 Å². The van der Waals surface area contributed by atoms with Gasteiger partial charge in [0, 0.05) is 38.2 Å². The maximum atomic E-state index is 11.9. The number of carbonyl (C=O) groups excluding carboxylic acids is 1. The monoisotopic (exact) mass is 466 g/mol. The van der Waals surface area contributed by atoms with Gasteiger partial charge in [-0.15, -0.1) is 10.2 Å². The van der Waals surface area contributed by atoms with Gasteiger partial charge in [0.05, 0.1) is 23.2 Å². The molecule has 1 aliphatic heterocycles. The molecule has 2 atom stereocenters. The minimum absolute atomic E-state index is 0.202. The van der Waals surface area contributed by atoms with Gasteiger partial charge in [-0.1, -0.05) is 20.3 Å². The Hall–Kier alpha value is -2.74. The zero-order valence-corrected chi connectivity index (χ0v) is 21.2. The number of Topliss-reactive ketones (excluding diaryl/α,β-unsaturated/α-hetero) is 1. The molecule has 0 bridgehead atoms. The fourth-order valence-corrected chi connectivity index (χ4v) is 4.86. The van der Waals surface area contributed by atoms with Crippen molar-refractivity contribution in [3.63, 3.8) is 0 Å². The third-order valence-corrected chi connectivity index (χ3v) is 6.31. The number of carbonyl (C=O) groups is 1. The highest BCUT2D eigenvalue weighted by molar-refractivity contribution is 5.85. The van der Waals surface area contributed by atoms with E-state index in [-0.39, 0.29) is 12.2 Å². The summed E-state index contributed by atoms with van der Waals surface area (Å²) in [6, 6.07) is 6.43. The summed E-state index contributed by atoms with van der Waals surface area (Å²) in [6.45, 7) is 12.9. The maximum Gasteiger partial charge on any atom is 0.204 e. The second kappa shape index (κ2) is 10.7. The maximum absolute atomic E-state index is 11.9. The van der Waals surface area contributed by atoms with E-state index in [9.17, 15) is 4.79 Å². The number of anilines is 2. The molecule has 0 unspecified atom stereocenters. The van der Waals surface area contributed by atoms with Crippen molar-refractivity contribution >= 4 is 34.0 Å². The Kier molecular flexibility index (Phi) is 7.66. The molecule has 3 heterocycles. The molecule has 1 aromatic carbocycles. The Morgan fingerprint density at radius 3 is 2.65 bits per heavy atom. The second-order valence-corrected chi connectivity index (χ2v) is 10.1. The van der Waals surface area contributed by atoms with E-state index in [4.69, 9.17) is 9.72 Å². The van der Waals surface area contributed by atoms with E-state index in [1.165, 1.54) is 0 Å². The molecule has 184 valence electrons. The lowest BCUT2D eigenvalue weighted by atomic mass is 10.0. The number of aryl methyl sites for hydroxylation is 1. The molecule has 8 nitrogen and oxygen atoms in total. The lowest BCUT2D eigenvalue weighted by Crippen LogP contribution is -2.45. The highest BCUT2D eigenvalue weighted by atomic mass is 16.5. The normalized spacial score (nSPS) is 18.8. The minimum atomic E-state index is 0.202. The number of benzene rings is 1. The van der Waals surface area contributed by atoms with Crippen LogP contribution in [0.1, 0.15) is 65.6 Å². The van der Waals surface area contributed by atoms with Gasteiger partial charge in [-0.05, 0) is 57.7 Å². The van der Waals surface area contributed by atoms with Gasteiger partial charge in [0.15, 0.2) is 5.82 Å². The Morgan fingerprint density at radius 2 is 1.91 bits per heavy atom. The van der Waals surface area contributed by atoms with Crippen LogP contribution in [0.15, 0.2) is 18.2 Å². The zero-order valence-electron chi connectivity index (χ0n) is 21.2. The summed E-state index contributed by atoms with van der Waals surface area (Å²) >= 11 is 0. The van der Waals surface area contributed by atoms with Gasteiger partial charge in [0.2, 0.25) is 5.65 Å². The Labute approximate surface area is 202 Å². The van der Waals surface area contributed by atoms with E-state index in [0.717, 1.165) is 72.9 Å². The molecular formula is C26H38N6O2. The van der Waals surface area contributed by atoms with E-state index < -0.39 is 0 Å². The van der Waals surface area contributed by atoms with Crippen molar-refractivity contribution in [2.24, 2.45) is 5.92 Å². The summed E-state index contributed by atoms with van der Waals surface area (Å²) in [5.74, 6) is 2.41. The quantitative estimate of drug-likeness (QED) is 0.430. The molecule has 34 heavy (non-hydrogen) atoms. The summed E-state index contributed by atoms with van der Waals surface area (Å²) < 4.78 is 7.98. The number of nitrogens with one attached hydrogen (secondary N) is 1. The van der Waals surface area contributed by atoms with Gasteiger partial charge in [-0.25, -0.2) is 4.98 Å². The number of ether oxygens (including phenoxy) is 1. The molecule has 1 N–H and O–H groups in total. The third kappa shape index (κ3) is 5.66. The first-order chi connectivity index (χ1) is 16.3. The second-order valence-electron chi connectivity index (χ2n) is 10.1. The van der Waals surface area contributed by atoms with Crippen LogP contribution in [0.4, 0.5) is 11.5 Å². The highest BCUT2D eigenvalue weighted by Crippen LogP contribution is 2.27. The Balaban J connectivity index is 1.47. The lowest BCUT2D eigenvalue weighted by molar-refractivity contribution is -0.119. The van der Waals surface area contributed by atoms with Gasteiger partial charge in [0.1, 0.15) is 11.6 Å². The number of rotatable bonds is 10. The number of nitrogens with zero attached hydrogens (tertiary/aromatic N) is 5. The number of hydrogen-bond acceptors (Lipinski definition) is 7. The van der Waals surface area contributed by atoms with Crippen LogP contribution in [0.3, 0.4) is 0 Å². The number of ketones is 1. The van der Waals surface area contributed by atoms with Crippen molar-refractivity contribution in [1.29, 1.82) is 0 Å². The molecule has 3 aromatic rings. The van der Waals surface area contributed by atoms with E-state index in [1.807, 2.05) is 6.92 Å². The predicted molar refractivity (Wildman–Crippen MR) is 137 cm³/mol. The molecule has 0 radical (unpaired) electrons. The van der Waals surface area contributed by atoms with Crippen LogP contribution in [0.2, 0.25) is 0 Å². The molecule has 1 fully saturated rings. The fraction of sp³-hybridized carbons (Fsp3) is 0.615. The van der Waals surface area contributed by atoms with E-state index in [2.05, 4.69) is 70.7 Å². The van der Waals surface area contributed by atoms with Crippen LogP contribution in [0, 0.1) is 12.8 Å². The first-order valence-electron chi connectivity index (χ1n) is 12.6. The number of aromatic nitrogens is 4. The first kappa shape index (κ1) is 24.4. The number of morpholine rings is 1. The molecule has 0 spiro atoms. The topological polar surface area (TPSA) is 84.7 Å². The lowest BCUT2D eigenvalue weighted by Gasteiger charge is -2.36. The molecule has 2 aromatic heterocycles. The summed E-state index contributed by atoms with van der Waals surface area (Å²) in [7, 11) is 0. The highest BCUT2D eigenvalue weighted by Gasteiger charge is 2.23. The molecule has 1 saturated heterocycles. The first-order valence-corrected chi connectivity index (χ1v) is 12.6. The molecule has 1 aliphatic rings. The average molecular weight is 467 g/mol. The van der Waals surface area contributed by atoms with Crippen molar-refractivity contribution in [2.45, 2.75) is 78.9 Å². The van der Waals surface area contributed by atoms with Gasteiger partial charge in [-0.3, -0.25) is 9.20 Å². The fourth-order valence-electron chi connectivity index (χ4n) is 4.86. The summed E-state index contributed by atoms with van der Waals surface area (Å²) in [6.07, 6.45) is 4.72. The number of unbranched alkanes of at least 4 members (excludes halogenated alkanes) is 2. The van der Waals surface area contributed by atoms with Crippen LogP contribution in [0.25, 0.3) is 16.7 Å². The molecular weight excluding hydrogens is 428 g/mol. The van der Waals surface area contributed by atoms with Crippen molar-refractivity contribution in [3.05, 3.63) is 24.0 Å². The van der Waals surface area contributed by atoms with Crippen molar-refractivity contribution in [3.8, 4) is 0 Å². The van der Waals surface area contributed by atoms with E-state index in [0.29, 0.717) is 24.5 Å². The Morgan fingerprint density at radius 1 is 1.15 bits per heavy atom. The number of fused-ring (bicyclic) bond motifs is 3. The molecule has 0 saturated carbocycles. The third-order valence-electron chi connectivity index (χ3n) is 6.31. The molecule has 4 rings (SSSR count). The average Bonchev–Trinajstić information content (AvgIpc) is 3.16. The van der Waals surface area contributed by atoms with Crippen LogP contribution in [0.5, 0.6) is 0 Å². The van der Waals surface area contributed by atoms with Gasteiger partial charge >= 0.3 is 0 Å². The van der Waals surface area contributed by atoms with Crippen LogP contribution < -0.4 is 10.2 Å². The molecule has 8 heteroatoms. The summed E-state index contributed by atoms with van der Waals surface area (Å²) in [4.78, 5) is 19.2. The van der Waals surface area contributed by atoms with Crippen molar-refractivity contribution in [1.82, 2.24) is 19.6 Å². The molecule has 0 aliphatic carbocycles. The standard InChI is InChI=1S/C26H38N6O2/c1-17(2)13-22(33)9-7-6-8-12-27-25-26-30-29-20(5)32(26)24-11-10-21(14-23(24)28-25)31-15-18(3)34-19(4)16-31/h10-11,14,17-19H,6-9,12-13,15-16H2,1-5H3,(H,27,28)/t18-,19+. The number of hydrogen-bond donors (Lipinski definition) is 1. The largest absolute Gasteiger partial charge is 0.372 e. The van der Waals surface area contributed by atoms with Crippen LogP contribution >= 0.6 is 0 Å². The predicted octanol–water partition coefficient (Wildman–Crippen LogP) is 4.79. The minimum Gasteiger partial charge on any atom is -0.372 e. The van der Waals surface area contributed by atoms with Gasteiger partial charge in [0.25, 0.3) is 0 Å². The van der Waals surface area contributed by atoms with Crippen molar-refractivity contribution < 1.29 is 9.53 Å².